The van der Waals surface area contributed by atoms with Crippen molar-refractivity contribution in [2.24, 2.45) is 0 Å². The van der Waals surface area contributed by atoms with E-state index in [1.165, 1.54) is 0 Å². The summed E-state index contributed by atoms with van der Waals surface area (Å²) < 4.78 is 0. The summed E-state index contributed by atoms with van der Waals surface area (Å²) >= 11 is 0. The Hall–Kier alpha value is -2.17. The fourth-order valence-electron chi connectivity index (χ4n) is 1.85. The van der Waals surface area contributed by atoms with Gasteiger partial charge >= 0.3 is 0 Å². The van der Waals surface area contributed by atoms with E-state index in [9.17, 15) is 0 Å². The average Bonchev–Trinajstić information content (AvgIpc) is 2.52. The van der Waals surface area contributed by atoms with Gasteiger partial charge in [0.1, 0.15) is 18.0 Å². The van der Waals surface area contributed by atoms with Gasteiger partial charge in [-0.05, 0) is 18.6 Å². The van der Waals surface area contributed by atoms with Crippen LogP contribution in [-0.4, -0.2) is 35.1 Å². The van der Waals surface area contributed by atoms with Crippen LogP contribution in [0.15, 0.2) is 36.8 Å². The number of hydrogen-bond donors (Lipinski definition) is 1. The number of nitrogens with one attached hydrogen (secondary N) is 1. The number of nitrogens with zero attached hydrogens (tertiary/aromatic N) is 4. The minimum absolute atomic E-state index is 0.876. The summed E-state index contributed by atoms with van der Waals surface area (Å²) in [7, 11) is 2.04. The second-order valence-electron chi connectivity index (χ2n) is 4.68. The van der Waals surface area contributed by atoms with E-state index >= 15 is 0 Å². The Morgan fingerprint density at radius 1 is 1.20 bits per heavy atom. The molecule has 5 nitrogen and oxygen atoms in total. The lowest BCUT2D eigenvalue weighted by atomic mass is 10.2. The molecule has 0 atom stereocenters. The van der Waals surface area contributed by atoms with Crippen LogP contribution >= 0.6 is 0 Å². The molecule has 2 heterocycles. The van der Waals surface area contributed by atoms with Crippen LogP contribution in [0, 0.1) is 0 Å². The fourth-order valence-corrected chi connectivity index (χ4v) is 1.85. The molecule has 2 rings (SSSR count). The maximum atomic E-state index is 4.33. The summed E-state index contributed by atoms with van der Waals surface area (Å²) in [5.74, 6) is 1.80. The first kappa shape index (κ1) is 14.2. The third-order valence-corrected chi connectivity index (χ3v) is 3.03. The molecular weight excluding hydrogens is 250 g/mol. The Kier molecular flexibility index (Phi) is 5.29. The zero-order valence-electron chi connectivity index (χ0n) is 12.1. The van der Waals surface area contributed by atoms with Crippen molar-refractivity contribution >= 4 is 11.6 Å². The van der Waals surface area contributed by atoms with Gasteiger partial charge in [0, 0.05) is 44.5 Å². The predicted octanol–water partition coefficient (Wildman–Crippen LogP) is 2.37. The molecule has 0 aliphatic carbocycles. The van der Waals surface area contributed by atoms with Gasteiger partial charge in [0.05, 0.1) is 0 Å². The SMILES string of the molecule is CCCNc1cc(N(C)CCc2ccccn2)ncn1. The third-order valence-electron chi connectivity index (χ3n) is 3.03. The molecule has 5 heteroatoms. The highest BCUT2D eigenvalue weighted by molar-refractivity contribution is 5.47. The standard InChI is InChI=1S/C15H21N5/c1-3-8-17-14-11-15(19-12-18-14)20(2)10-7-13-6-4-5-9-16-13/h4-6,9,11-12H,3,7-8,10H2,1-2H3,(H,17,18,19). The summed E-state index contributed by atoms with van der Waals surface area (Å²) in [6, 6.07) is 7.97. The van der Waals surface area contributed by atoms with Crippen LogP contribution in [0.4, 0.5) is 11.6 Å². The third kappa shape index (κ3) is 4.19. The fraction of sp³-hybridized carbons (Fsp3) is 0.400. The molecule has 0 spiro atoms. The maximum absolute atomic E-state index is 4.33. The van der Waals surface area contributed by atoms with Crippen LogP contribution < -0.4 is 10.2 Å². The molecule has 106 valence electrons. The molecule has 2 aromatic heterocycles. The topological polar surface area (TPSA) is 53.9 Å². The summed E-state index contributed by atoms with van der Waals surface area (Å²) in [4.78, 5) is 15.0. The summed E-state index contributed by atoms with van der Waals surface area (Å²) in [6.45, 7) is 3.93. The predicted molar refractivity (Wildman–Crippen MR) is 82.0 cm³/mol. The second kappa shape index (κ2) is 7.43. The van der Waals surface area contributed by atoms with Crippen molar-refractivity contribution in [3.8, 4) is 0 Å². The highest BCUT2D eigenvalue weighted by Gasteiger charge is 2.05. The number of hydrogen-bond acceptors (Lipinski definition) is 5. The summed E-state index contributed by atoms with van der Waals surface area (Å²) in [5.41, 5.74) is 1.10. The Morgan fingerprint density at radius 3 is 2.85 bits per heavy atom. The Labute approximate surface area is 120 Å². The van der Waals surface area contributed by atoms with Crippen molar-refractivity contribution in [3.05, 3.63) is 42.5 Å². The number of pyridine rings is 1. The normalized spacial score (nSPS) is 10.3. The number of likely N-dealkylation sites (N-methyl/N-ethyl adjacent to an activating group) is 1. The highest BCUT2D eigenvalue weighted by Crippen LogP contribution is 2.13. The number of rotatable bonds is 7. The first-order valence-electron chi connectivity index (χ1n) is 6.96. The van der Waals surface area contributed by atoms with Gasteiger partial charge in [-0.3, -0.25) is 4.98 Å². The van der Waals surface area contributed by atoms with Gasteiger partial charge < -0.3 is 10.2 Å². The maximum Gasteiger partial charge on any atom is 0.133 e. The quantitative estimate of drug-likeness (QED) is 0.838. The molecule has 0 saturated carbocycles. The molecule has 20 heavy (non-hydrogen) atoms. The van der Waals surface area contributed by atoms with E-state index in [2.05, 4.69) is 32.1 Å². The number of anilines is 2. The van der Waals surface area contributed by atoms with E-state index in [1.54, 1.807) is 6.33 Å². The monoisotopic (exact) mass is 271 g/mol. The van der Waals surface area contributed by atoms with Gasteiger partial charge in [0.15, 0.2) is 0 Å². The van der Waals surface area contributed by atoms with Gasteiger partial charge in [0.2, 0.25) is 0 Å². The van der Waals surface area contributed by atoms with Crippen molar-refractivity contribution in [1.29, 1.82) is 0 Å². The summed E-state index contributed by atoms with van der Waals surface area (Å²) in [6.07, 6.45) is 5.41. The Balaban J connectivity index is 1.93. The molecule has 0 aliphatic heterocycles. The molecule has 0 amide bonds. The zero-order chi connectivity index (χ0) is 14.2. The summed E-state index contributed by atoms with van der Waals surface area (Å²) in [5, 5.41) is 3.27. The molecular formula is C15H21N5. The molecule has 1 N–H and O–H groups in total. The van der Waals surface area contributed by atoms with E-state index in [0.29, 0.717) is 0 Å². The van der Waals surface area contributed by atoms with Gasteiger partial charge in [-0.15, -0.1) is 0 Å². The van der Waals surface area contributed by atoms with E-state index in [-0.39, 0.29) is 0 Å². The second-order valence-corrected chi connectivity index (χ2v) is 4.68. The zero-order valence-corrected chi connectivity index (χ0v) is 12.1. The first-order valence-corrected chi connectivity index (χ1v) is 6.96. The van der Waals surface area contributed by atoms with Crippen molar-refractivity contribution < 1.29 is 0 Å². The van der Waals surface area contributed by atoms with Crippen LogP contribution in [0.25, 0.3) is 0 Å². The lowest BCUT2D eigenvalue weighted by Crippen LogP contribution is -2.22. The van der Waals surface area contributed by atoms with E-state index in [1.807, 2.05) is 37.5 Å². The Bertz CT molecular complexity index is 515. The van der Waals surface area contributed by atoms with Crippen LogP contribution in [0.2, 0.25) is 0 Å². The molecule has 0 aliphatic rings. The lowest BCUT2D eigenvalue weighted by molar-refractivity contribution is 0.835. The molecule has 0 unspecified atom stereocenters. The molecule has 0 saturated heterocycles. The smallest absolute Gasteiger partial charge is 0.133 e. The van der Waals surface area contributed by atoms with Crippen molar-refractivity contribution in [2.45, 2.75) is 19.8 Å². The molecule has 2 aromatic rings. The lowest BCUT2D eigenvalue weighted by Gasteiger charge is -2.18. The molecule has 0 fully saturated rings. The molecule has 0 bridgehead atoms. The highest BCUT2D eigenvalue weighted by atomic mass is 15.2. The minimum atomic E-state index is 0.876. The van der Waals surface area contributed by atoms with Gasteiger partial charge in [-0.2, -0.15) is 0 Å². The first-order chi connectivity index (χ1) is 9.79. The molecule has 0 radical (unpaired) electrons. The van der Waals surface area contributed by atoms with E-state index in [0.717, 1.165) is 43.3 Å². The number of aromatic nitrogens is 3. The molecule has 0 aromatic carbocycles. The average molecular weight is 271 g/mol. The minimum Gasteiger partial charge on any atom is -0.370 e. The van der Waals surface area contributed by atoms with Crippen LogP contribution in [0.1, 0.15) is 19.0 Å². The van der Waals surface area contributed by atoms with Gasteiger partial charge in [-0.25, -0.2) is 9.97 Å². The Morgan fingerprint density at radius 2 is 2.10 bits per heavy atom. The van der Waals surface area contributed by atoms with Crippen molar-refractivity contribution in [1.82, 2.24) is 15.0 Å². The van der Waals surface area contributed by atoms with Crippen molar-refractivity contribution in [3.63, 3.8) is 0 Å². The van der Waals surface area contributed by atoms with E-state index < -0.39 is 0 Å². The van der Waals surface area contributed by atoms with Gasteiger partial charge in [-0.1, -0.05) is 13.0 Å². The largest absolute Gasteiger partial charge is 0.370 e. The van der Waals surface area contributed by atoms with Crippen LogP contribution in [0.3, 0.4) is 0 Å². The van der Waals surface area contributed by atoms with E-state index in [4.69, 9.17) is 0 Å². The van der Waals surface area contributed by atoms with Gasteiger partial charge in [0.25, 0.3) is 0 Å². The van der Waals surface area contributed by atoms with Crippen molar-refractivity contribution in [2.75, 3.05) is 30.4 Å². The van der Waals surface area contributed by atoms with Crippen LogP contribution in [-0.2, 0) is 6.42 Å². The van der Waals surface area contributed by atoms with Crippen LogP contribution in [0.5, 0.6) is 0 Å².